The van der Waals surface area contributed by atoms with E-state index in [1.54, 1.807) is 7.11 Å². The van der Waals surface area contributed by atoms with Gasteiger partial charge in [0.2, 0.25) is 0 Å². The van der Waals surface area contributed by atoms with Gasteiger partial charge in [-0.15, -0.1) is 0 Å². The van der Waals surface area contributed by atoms with Gasteiger partial charge < -0.3 is 20.9 Å². The molecule has 0 saturated carbocycles. The maximum absolute atomic E-state index is 9.29. The number of hydrogen-bond donors (Lipinski definition) is 3. The number of nitrogens with two attached hydrogens (primary N) is 1. The fraction of sp³-hybridized carbons (Fsp3) is 0.600. The fourth-order valence-electron chi connectivity index (χ4n) is 1.39. The molecule has 1 rings (SSSR count). The Morgan fingerprint density at radius 3 is 2.76 bits per heavy atom. The number of nitrogens with one attached hydrogen (secondary N) is 1. The van der Waals surface area contributed by atoms with Crippen LogP contribution < -0.4 is 11.1 Å². The van der Waals surface area contributed by atoms with Crippen molar-refractivity contribution in [2.45, 2.75) is 13.3 Å². The summed E-state index contributed by atoms with van der Waals surface area (Å²) in [4.78, 5) is 0. The normalized spacial score (nSPS) is 12.4. The Morgan fingerprint density at radius 1 is 1.53 bits per heavy atom. The molecule has 1 aromatic heterocycles. The summed E-state index contributed by atoms with van der Waals surface area (Å²) < 4.78 is 9.51. The van der Waals surface area contributed by atoms with Gasteiger partial charge in [-0.05, 0) is 22.3 Å². The highest BCUT2D eigenvalue weighted by Crippen LogP contribution is 2.20. The molecule has 0 aliphatic carbocycles. The van der Waals surface area contributed by atoms with E-state index >= 15 is 0 Å². The van der Waals surface area contributed by atoms with Gasteiger partial charge in [0, 0.05) is 13.7 Å². The van der Waals surface area contributed by atoms with Gasteiger partial charge in [0.1, 0.15) is 0 Å². The summed E-state index contributed by atoms with van der Waals surface area (Å²) in [6.07, 6.45) is 0.679. The van der Waals surface area contributed by atoms with Crippen LogP contribution in [0.25, 0.3) is 5.70 Å². The Morgan fingerprint density at radius 2 is 2.29 bits per heavy atom. The van der Waals surface area contributed by atoms with Crippen LogP contribution in [-0.4, -0.2) is 42.3 Å². The van der Waals surface area contributed by atoms with Crippen molar-refractivity contribution in [3.05, 3.63) is 11.3 Å². The molecule has 17 heavy (non-hydrogen) atoms. The van der Waals surface area contributed by atoms with E-state index in [0.29, 0.717) is 31.0 Å². The maximum Gasteiger partial charge on any atom is 0.197 e. The van der Waals surface area contributed by atoms with E-state index in [9.17, 15) is 5.11 Å². The van der Waals surface area contributed by atoms with Crippen LogP contribution in [0, 0.1) is 0 Å². The first-order valence-corrected chi connectivity index (χ1v) is 5.38. The van der Waals surface area contributed by atoms with Crippen LogP contribution in [0.15, 0.2) is 10.2 Å². The number of aromatic nitrogens is 2. The molecule has 0 aliphatic rings. The molecular weight excluding hydrogens is 224 g/mol. The number of ether oxygens (including phenoxy) is 1. The Kier molecular flexibility index (Phi) is 5.44. The van der Waals surface area contributed by atoms with Crippen molar-refractivity contribution in [2.24, 2.45) is 0 Å². The molecule has 4 N–H and O–H groups in total. The molecule has 96 valence electrons. The topological polar surface area (TPSA) is 106 Å². The second-order valence-corrected chi connectivity index (χ2v) is 3.41. The first kappa shape index (κ1) is 13.5. The Bertz CT molecular complexity index is 369. The minimum atomic E-state index is -0.0713. The van der Waals surface area contributed by atoms with Crippen molar-refractivity contribution in [2.75, 3.05) is 32.6 Å². The van der Waals surface area contributed by atoms with Crippen LogP contribution in [0.3, 0.4) is 0 Å². The van der Waals surface area contributed by atoms with E-state index in [2.05, 4.69) is 20.3 Å². The predicted octanol–water partition coefficient (Wildman–Crippen LogP) is 0.00120. The SMILES string of the molecule is CC/C(CO)=C(/NCCOC)c1nonc1N. The fourth-order valence-corrected chi connectivity index (χ4v) is 1.39. The molecule has 0 bridgehead atoms. The smallest absolute Gasteiger partial charge is 0.197 e. The zero-order valence-corrected chi connectivity index (χ0v) is 10.1. The van der Waals surface area contributed by atoms with Gasteiger partial charge in [-0.3, -0.25) is 0 Å². The van der Waals surface area contributed by atoms with E-state index in [1.807, 2.05) is 6.92 Å². The average molecular weight is 242 g/mol. The molecule has 7 heteroatoms. The molecule has 0 amide bonds. The van der Waals surface area contributed by atoms with Gasteiger partial charge in [-0.25, -0.2) is 4.63 Å². The van der Waals surface area contributed by atoms with Crippen LogP contribution >= 0.6 is 0 Å². The minimum absolute atomic E-state index is 0.0713. The van der Waals surface area contributed by atoms with E-state index < -0.39 is 0 Å². The highest BCUT2D eigenvalue weighted by molar-refractivity contribution is 5.70. The lowest BCUT2D eigenvalue weighted by atomic mass is 10.1. The molecule has 0 unspecified atom stereocenters. The molecule has 0 radical (unpaired) electrons. The lowest BCUT2D eigenvalue weighted by molar-refractivity contribution is 0.203. The number of hydrogen-bond acceptors (Lipinski definition) is 7. The van der Waals surface area contributed by atoms with E-state index in [4.69, 9.17) is 10.5 Å². The third-order valence-corrected chi connectivity index (χ3v) is 2.33. The Hall–Kier alpha value is -1.60. The molecule has 1 aromatic rings. The van der Waals surface area contributed by atoms with E-state index in [0.717, 1.165) is 5.57 Å². The maximum atomic E-state index is 9.29. The van der Waals surface area contributed by atoms with Crippen LogP contribution in [0.2, 0.25) is 0 Å². The predicted molar refractivity (Wildman–Crippen MR) is 62.9 cm³/mol. The van der Waals surface area contributed by atoms with Gasteiger partial charge in [0.05, 0.1) is 18.9 Å². The highest BCUT2D eigenvalue weighted by Gasteiger charge is 2.15. The average Bonchev–Trinajstić information content (AvgIpc) is 2.75. The number of aliphatic hydroxyl groups is 1. The number of rotatable bonds is 7. The molecule has 0 atom stereocenters. The molecule has 1 heterocycles. The van der Waals surface area contributed by atoms with Crippen molar-refractivity contribution in [1.29, 1.82) is 0 Å². The largest absolute Gasteiger partial charge is 0.392 e. The Balaban J connectivity index is 2.94. The standard InChI is InChI=1S/C10H18N4O3/c1-3-7(6-15)8(12-4-5-16-2)9-10(11)14-17-13-9/h12,15H,3-6H2,1-2H3,(H2,11,14)/b8-7-. The minimum Gasteiger partial charge on any atom is -0.392 e. The summed E-state index contributed by atoms with van der Waals surface area (Å²) in [6.45, 7) is 2.99. The van der Waals surface area contributed by atoms with Crippen molar-refractivity contribution in [3.63, 3.8) is 0 Å². The second-order valence-electron chi connectivity index (χ2n) is 3.41. The van der Waals surface area contributed by atoms with Crippen molar-refractivity contribution in [1.82, 2.24) is 15.6 Å². The van der Waals surface area contributed by atoms with Gasteiger partial charge in [0.25, 0.3) is 0 Å². The number of nitrogens with zero attached hydrogens (tertiary/aromatic N) is 2. The summed E-state index contributed by atoms with van der Waals surface area (Å²) in [6, 6.07) is 0. The highest BCUT2D eigenvalue weighted by atomic mass is 16.6. The third kappa shape index (κ3) is 3.43. The molecule has 0 aromatic carbocycles. The van der Waals surface area contributed by atoms with E-state index in [-0.39, 0.29) is 12.4 Å². The monoisotopic (exact) mass is 242 g/mol. The summed E-state index contributed by atoms with van der Waals surface area (Å²) in [5, 5.41) is 19.7. The van der Waals surface area contributed by atoms with Crippen LogP contribution in [-0.2, 0) is 4.74 Å². The van der Waals surface area contributed by atoms with Crippen molar-refractivity contribution in [3.8, 4) is 0 Å². The van der Waals surface area contributed by atoms with Gasteiger partial charge in [-0.1, -0.05) is 6.92 Å². The molecule has 0 spiro atoms. The first-order valence-electron chi connectivity index (χ1n) is 5.38. The Labute approximate surface area is 99.6 Å². The van der Waals surface area contributed by atoms with Gasteiger partial charge in [0.15, 0.2) is 11.5 Å². The van der Waals surface area contributed by atoms with Crippen molar-refractivity contribution < 1.29 is 14.5 Å². The lowest BCUT2D eigenvalue weighted by Crippen LogP contribution is -2.21. The summed E-state index contributed by atoms with van der Waals surface area (Å²) in [5.74, 6) is 0.198. The van der Waals surface area contributed by atoms with Crippen molar-refractivity contribution >= 4 is 11.5 Å². The second kappa shape index (κ2) is 6.87. The molecule has 7 nitrogen and oxygen atoms in total. The quantitative estimate of drug-likeness (QED) is 0.578. The zero-order chi connectivity index (χ0) is 12.7. The van der Waals surface area contributed by atoms with E-state index in [1.165, 1.54) is 0 Å². The number of methoxy groups -OCH3 is 1. The number of anilines is 1. The molecule has 0 aliphatic heterocycles. The summed E-state index contributed by atoms with van der Waals surface area (Å²) in [5.41, 5.74) is 7.51. The van der Waals surface area contributed by atoms with Gasteiger partial charge in [-0.2, -0.15) is 0 Å². The summed E-state index contributed by atoms with van der Waals surface area (Å²) >= 11 is 0. The zero-order valence-electron chi connectivity index (χ0n) is 10.1. The molecular formula is C10H18N4O3. The first-order chi connectivity index (χ1) is 8.24. The number of nitrogen functional groups attached to an aromatic ring is 1. The van der Waals surface area contributed by atoms with Gasteiger partial charge >= 0.3 is 0 Å². The van der Waals surface area contributed by atoms with Crippen LogP contribution in [0.5, 0.6) is 0 Å². The lowest BCUT2D eigenvalue weighted by Gasteiger charge is -2.12. The third-order valence-electron chi connectivity index (χ3n) is 2.33. The van der Waals surface area contributed by atoms with Crippen LogP contribution in [0.1, 0.15) is 19.0 Å². The summed E-state index contributed by atoms with van der Waals surface area (Å²) in [7, 11) is 1.61. The molecule has 0 fully saturated rings. The van der Waals surface area contributed by atoms with Crippen LogP contribution in [0.4, 0.5) is 5.82 Å². The number of aliphatic hydroxyl groups excluding tert-OH is 1. The molecule has 0 saturated heterocycles.